The van der Waals surface area contributed by atoms with E-state index < -0.39 is 11.0 Å². The Morgan fingerprint density at radius 3 is 2.74 bits per heavy atom. The summed E-state index contributed by atoms with van der Waals surface area (Å²) in [6, 6.07) is 2.97. The van der Waals surface area contributed by atoms with Crippen LogP contribution in [0.5, 0.6) is 0 Å². The molecule has 19 heavy (non-hydrogen) atoms. The maximum atomic E-state index is 10.9. The number of rotatable bonds is 2. The van der Waals surface area contributed by atoms with Gasteiger partial charge in [0.2, 0.25) is 0 Å². The van der Waals surface area contributed by atoms with Gasteiger partial charge in [-0.05, 0) is 13.0 Å². The van der Waals surface area contributed by atoms with Crippen LogP contribution in [-0.2, 0) is 0 Å². The van der Waals surface area contributed by atoms with E-state index in [1.54, 1.807) is 6.07 Å². The molecule has 8 nitrogen and oxygen atoms in total. The smallest absolute Gasteiger partial charge is 0.407 e. The van der Waals surface area contributed by atoms with Crippen molar-refractivity contribution in [3.63, 3.8) is 0 Å². The molecule has 8 heteroatoms. The fraction of sp³-hybridized carbons (Fsp3) is 0.455. The van der Waals surface area contributed by atoms with Gasteiger partial charge < -0.3 is 14.9 Å². The van der Waals surface area contributed by atoms with Crippen molar-refractivity contribution in [1.29, 1.82) is 0 Å². The summed E-state index contributed by atoms with van der Waals surface area (Å²) in [6.07, 6.45) is 0.286. The lowest BCUT2D eigenvalue weighted by Crippen LogP contribution is -2.53. The SMILES string of the molecule is C[C@@H]1CN(C(=O)O)CCN1c1ccc([N+](=O)[O-])cn1. The molecule has 0 unspecified atom stereocenters. The van der Waals surface area contributed by atoms with Crippen LogP contribution in [0.4, 0.5) is 16.3 Å². The number of carbonyl (C=O) groups is 1. The summed E-state index contributed by atoms with van der Waals surface area (Å²) in [7, 11) is 0. The molecule has 1 aromatic heterocycles. The molecule has 0 aromatic carbocycles. The van der Waals surface area contributed by atoms with E-state index in [0.29, 0.717) is 25.5 Å². The molecule has 1 amide bonds. The summed E-state index contributed by atoms with van der Waals surface area (Å²) < 4.78 is 0. The van der Waals surface area contributed by atoms with Crippen molar-refractivity contribution < 1.29 is 14.8 Å². The van der Waals surface area contributed by atoms with Gasteiger partial charge in [-0.2, -0.15) is 0 Å². The Balaban J connectivity index is 2.10. The minimum Gasteiger partial charge on any atom is -0.465 e. The van der Waals surface area contributed by atoms with Crippen molar-refractivity contribution in [1.82, 2.24) is 9.88 Å². The van der Waals surface area contributed by atoms with E-state index in [4.69, 9.17) is 5.11 Å². The van der Waals surface area contributed by atoms with Crippen molar-refractivity contribution in [3.05, 3.63) is 28.4 Å². The predicted octanol–water partition coefficient (Wildman–Crippen LogP) is 1.18. The monoisotopic (exact) mass is 266 g/mol. The molecule has 0 bridgehead atoms. The van der Waals surface area contributed by atoms with Crippen molar-refractivity contribution in [2.24, 2.45) is 0 Å². The average molecular weight is 266 g/mol. The normalized spacial score (nSPS) is 19.3. The number of nitro groups is 1. The first kappa shape index (κ1) is 13.1. The summed E-state index contributed by atoms with van der Waals surface area (Å²) in [6.45, 7) is 3.23. The molecular formula is C11H14N4O4. The summed E-state index contributed by atoms with van der Waals surface area (Å²) in [5.74, 6) is 0.628. The van der Waals surface area contributed by atoms with Crippen LogP contribution in [-0.4, -0.2) is 51.7 Å². The lowest BCUT2D eigenvalue weighted by Gasteiger charge is -2.39. The zero-order valence-electron chi connectivity index (χ0n) is 10.4. The molecule has 1 aliphatic rings. The number of hydrogen-bond donors (Lipinski definition) is 1. The van der Waals surface area contributed by atoms with Crippen LogP contribution in [0.25, 0.3) is 0 Å². The second-order valence-electron chi connectivity index (χ2n) is 4.40. The highest BCUT2D eigenvalue weighted by Gasteiger charge is 2.27. The number of aromatic nitrogens is 1. The minimum absolute atomic E-state index is 0.0150. The Kier molecular flexibility index (Phi) is 3.50. The molecule has 0 saturated carbocycles. The van der Waals surface area contributed by atoms with E-state index in [1.807, 2.05) is 11.8 Å². The van der Waals surface area contributed by atoms with E-state index in [2.05, 4.69) is 4.98 Å². The molecule has 0 aliphatic carbocycles. The molecule has 1 fully saturated rings. The Morgan fingerprint density at radius 2 is 2.26 bits per heavy atom. The van der Waals surface area contributed by atoms with Crippen LogP contribution in [0.15, 0.2) is 18.3 Å². The summed E-state index contributed by atoms with van der Waals surface area (Å²) in [5, 5.41) is 19.5. The van der Waals surface area contributed by atoms with Crippen molar-refractivity contribution in [3.8, 4) is 0 Å². The van der Waals surface area contributed by atoms with E-state index in [0.717, 1.165) is 0 Å². The Morgan fingerprint density at radius 1 is 1.53 bits per heavy atom. The van der Waals surface area contributed by atoms with Gasteiger partial charge in [0.05, 0.1) is 4.92 Å². The quantitative estimate of drug-likeness (QED) is 0.637. The highest BCUT2D eigenvalue weighted by atomic mass is 16.6. The van der Waals surface area contributed by atoms with Gasteiger partial charge >= 0.3 is 6.09 Å². The number of carboxylic acid groups (broad SMARTS) is 1. The lowest BCUT2D eigenvalue weighted by atomic mass is 10.2. The van der Waals surface area contributed by atoms with Crippen LogP contribution >= 0.6 is 0 Å². The van der Waals surface area contributed by atoms with Crippen LogP contribution in [0, 0.1) is 10.1 Å². The second kappa shape index (κ2) is 5.09. The predicted molar refractivity (Wildman–Crippen MR) is 67.3 cm³/mol. The summed E-state index contributed by atoms with van der Waals surface area (Å²) in [4.78, 5) is 28.3. The number of nitrogens with zero attached hydrogens (tertiary/aromatic N) is 4. The standard InChI is InChI=1S/C11H14N4O4/c1-8-7-13(11(16)17)4-5-14(8)10-3-2-9(6-12-10)15(18)19/h2-3,6,8H,4-5,7H2,1H3,(H,16,17)/t8-/m1/s1. The summed E-state index contributed by atoms with van der Waals surface area (Å²) >= 11 is 0. The van der Waals surface area contributed by atoms with Gasteiger partial charge in [-0.25, -0.2) is 9.78 Å². The molecule has 1 aromatic rings. The minimum atomic E-state index is -0.928. The first-order valence-electron chi connectivity index (χ1n) is 5.84. The van der Waals surface area contributed by atoms with Gasteiger partial charge in [0.1, 0.15) is 12.0 Å². The van der Waals surface area contributed by atoms with Crippen molar-refractivity contribution >= 4 is 17.6 Å². The topological polar surface area (TPSA) is 99.8 Å². The number of piperazine rings is 1. The Bertz CT molecular complexity index is 490. The maximum Gasteiger partial charge on any atom is 0.407 e. The Labute approximate surface area is 109 Å². The zero-order valence-corrected chi connectivity index (χ0v) is 10.4. The highest BCUT2D eigenvalue weighted by Crippen LogP contribution is 2.20. The largest absolute Gasteiger partial charge is 0.465 e. The maximum absolute atomic E-state index is 10.9. The molecule has 1 N–H and O–H groups in total. The Hall–Kier alpha value is -2.38. The number of anilines is 1. The number of amides is 1. The third kappa shape index (κ3) is 2.72. The summed E-state index contributed by atoms with van der Waals surface area (Å²) in [5.41, 5.74) is -0.0550. The molecule has 1 saturated heterocycles. The third-order valence-corrected chi connectivity index (χ3v) is 3.14. The van der Waals surface area contributed by atoms with Crippen LogP contribution in [0.2, 0.25) is 0 Å². The molecule has 1 aliphatic heterocycles. The van der Waals surface area contributed by atoms with Crippen LogP contribution in [0.3, 0.4) is 0 Å². The molecule has 1 atom stereocenters. The molecule has 0 spiro atoms. The van der Waals surface area contributed by atoms with Gasteiger partial charge in [0.25, 0.3) is 5.69 Å². The van der Waals surface area contributed by atoms with E-state index in [1.165, 1.54) is 17.2 Å². The first-order chi connectivity index (χ1) is 8.99. The highest BCUT2D eigenvalue weighted by molar-refractivity contribution is 5.65. The lowest BCUT2D eigenvalue weighted by molar-refractivity contribution is -0.385. The van der Waals surface area contributed by atoms with Crippen molar-refractivity contribution in [2.45, 2.75) is 13.0 Å². The third-order valence-electron chi connectivity index (χ3n) is 3.14. The average Bonchev–Trinajstić information content (AvgIpc) is 2.38. The fourth-order valence-corrected chi connectivity index (χ4v) is 2.13. The molecular weight excluding hydrogens is 252 g/mol. The van der Waals surface area contributed by atoms with E-state index in [9.17, 15) is 14.9 Å². The van der Waals surface area contributed by atoms with Gasteiger partial charge in [-0.1, -0.05) is 0 Å². The van der Waals surface area contributed by atoms with Gasteiger partial charge in [-0.15, -0.1) is 0 Å². The van der Waals surface area contributed by atoms with Crippen LogP contribution in [0.1, 0.15) is 6.92 Å². The van der Waals surface area contributed by atoms with Gasteiger partial charge in [-0.3, -0.25) is 10.1 Å². The van der Waals surface area contributed by atoms with E-state index >= 15 is 0 Å². The molecule has 2 heterocycles. The fourth-order valence-electron chi connectivity index (χ4n) is 2.13. The second-order valence-corrected chi connectivity index (χ2v) is 4.40. The van der Waals surface area contributed by atoms with Gasteiger partial charge in [0.15, 0.2) is 0 Å². The number of hydrogen-bond acceptors (Lipinski definition) is 5. The van der Waals surface area contributed by atoms with Crippen LogP contribution < -0.4 is 4.90 Å². The molecule has 102 valence electrons. The zero-order chi connectivity index (χ0) is 14.0. The van der Waals surface area contributed by atoms with Gasteiger partial charge in [0, 0.05) is 31.7 Å². The van der Waals surface area contributed by atoms with Crippen molar-refractivity contribution in [2.75, 3.05) is 24.5 Å². The van der Waals surface area contributed by atoms with E-state index in [-0.39, 0.29) is 11.7 Å². The molecule has 2 rings (SSSR count). The number of pyridine rings is 1. The first-order valence-corrected chi connectivity index (χ1v) is 5.84. The molecule has 0 radical (unpaired) electrons.